The number of hydrogen-bond acceptors (Lipinski definition) is 4. The number of rotatable bonds is 6. The smallest absolute Gasteiger partial charge is 0.237 e. The quantitative estimate of drug-likeness (QED) is 0.426. The normalized spacial score (nSPS) is 9.62. The first kappa shape index (κ1) is 12.3. The fraction of sp³-hybridized carbons (Fsp3) is 0.364. The summed E-state index contributed by atoms with van der Waals surface area (Å²) >= 11 is 0. The fourth-order valence-electron chi connectivity index (χ4n) is 1.15. The van der Waals surface area contributed by atoms with Crippen LogP contribution >= 0.6 is 0 Å². The molecule has 1 amide bonds. The number of ether oxygens (including phenoxy) is 2. The first-order valence-electron chi connectivity index (χ1n) is 5.11. The van der Waals surface area contributed by atoms with Gasteiger partial charge in [0.05, 0.1) is 19.6 Å². The van der Waals surface area contributed by atoms with Crippen LogP contribution in [-0.2, 0) is 4.79 Å². The second-order valence-electron chi connectivity index (χ2n) is 3.07. The number of carbonyl (C=O) groups excluding carboxylic acids is 1. The van der Waals surface area contributed by atoms with Gasteiger partial charge >= 0.3 is 0 Å². The Bertz CT molecular complexity index is 342. The number of benzene rings is 1. The van der Waals surface area contributed by atoms with Gasteiger partial charge in [0.25, 0.3) is 0 Å². The van der Waals surface area contributed by atoms with Gasteiger partial charge in [0, 0.05) is 6.07 Å². The molecule has 0 saturated heterocycles. The Kier molecular flexibility index (Phi) is 5.15. The highest BCUT2D eigenvalue weighted by molar-refractivity contribution is 5.75. The van der Waals surface area contributed by atoms with E-state index in [1.165, 1.54) is 0 Å². The molecule has 0 heterocycles. The molecule has 3 N–H and O–H groups in total. The SMILES string of the molecule is CCOc1cccc(OCCC(=O)NN)c1. The Morgan fingerprint density at radius 1 is 1.38 bits per heavy atom. The van der Waals surface area contributed by atoms with Crippen LogP contribution in [0.1, 0.15) is 13.3 Å². The van der Waals surface area contributed by atoms with E-state index in [1.807, 2.05) is 30.5 Å². The summed E-state index contributed by atoms with van der Waals surface area (Å²) in [5, 5.41) is 0. The summed E-state index contributed by atoms with van der Waals surface area (Å²) in [5.74, 6) is 6.12. The lowest BCUT2D eigenvalue weighted by molar-refractivity contribution is -0.121. The van der Waals surface area contributed by atoms with E-state index in [4.69, 9.17) is 15.3 Å². The largest absolute Gasteiger partial charge is 0.494 e. The first-order chi connectivity index (χ1) is 7.76. The van der Waals surface area contributed by atoms with E-state index in [1.54, 1.807) is 6.07 Å². The lowest BCUT2D eigenvalue weighted by atomic mass is 10.3. The van der Waals surface area contributed by atoms with E-state index in [-0.39, 0.29) is 12.3 Å². The van der Waals surface area contributed by atoms with Gasteiger partial charge in [-0.05, 0) is 19.1 Å². The van der Waals surface area contributed by atoms with Crippen molar-refractivity contribution < 1.29 is 14.3 Å². The highest BCUT2D eigenvalue weighted by Gasteiger charge is 2.00. The predicted octanol–water partition coefficient (Wildman–Crippen LogP) is 0.844. The molecule has 1 rings (SSSR count). The van der Waals surface area contributed by atoms with Crippen molar-refractivity contribution in [2.75, 3.05) is 13.2 Å². The zero-order valence-corrected chi connectivity index (χ0v) is 9.23. The third-order valence-electron chi connectivity index (χ3n) is 1.88. The predicted molar refractivity (Wildman–Crippen MR) is 60.1 cm³/mol. The topological polar surface area (TPSA) is 73.6 Å². The van der Waals surface area contributed by atoms with Crippen LogP contribution in [0.25, 0.3) is 0 Å². The average Bonchev–Trinajstić information content (AvgIpc) is 2.30. The number of carbonyl (C=O) groups is 1. The minimum Gasteiger partial charge on any atom is -0.494 e. The molecule has 0 atom stereocenters. The zero-order valence-electron chi connectivity index (χ0n) is 9.23. The maximum absolute atomic E-state index is 10.8. The summed E-state index contributed by atoms with van der Waals surface area (Å²) in [4.78, 5) is 10.8. The second-order valence-corrected chi connectivity index (χ2v) is 3.07. The lowest BCUT2D eigenvalue weighted by Gasteiger charge is -2.07. The van der Waals surface area contributed by atoms with Gasteiger partial charge in [0.1, 0.15) is 11.5 Å². The molecule has 16 heavy (non-hydrogen) atoms. The van der Waals surface area contributed by atoms with Gasteiger partial charge in [-0.2, -0.15) is 0 Å². The standard InChI is InChI=1S/C11H16N2O3/c1-2-15-9-4-3-5-10(8-9)16-7-6-11(14)13-12/h3-5,8H,2,6-7,12H2,1H3,(H,13,14). The monoisotopic (exact) mass is 224 g/mol. The van der Waals surface area contributed by atoms with E-state index in [2.05, 4.69) is 0 Å². The maximum atomic E-state index is 10.8. The third-order valence-corrected chi connectivity index (χ3v) is 1.88. The Morgan fingerprint density at radius 3 is 2.69 bits per heavy atom. The van der Waals surface area contributed by atoms with E-state index in [9.17, 15) is 4.79 Å². The summed E-state index contributed by atoms with van der Waals surface area (Å²) in [5.41, 5.74) is 2.04. The molecule has 0 radical (unpaired) electrons. The van der Waals surface area contributed by atoms with Gasteiger partial charge < -0.3 is 9.47 Å². The summed E-state index contributed by atoms with van der Waals surface area (Å²) in [6, 6.07) is 7.28. The average molecular weight is 224 g/mol. The van der Waals surface area contributed by atoms with Gasteiger partial charge in [-0.15, -0.1) is 0 Å². The molecule has 0 aliphatic heterocycles. The van der Waals surface area contributed by atoms with Gasteiger partial charge in [-0.25, -0.2) is 5.84 Å². The Balaban J connectivity index is 2.41. The molecule has 0 aromatic heterocycles. The number of hydrogen-bond donors (Lipinski definition) is 2. The lowest BCUT2D eigenvalue weighted by Crippen LogP contribution is -2.31. The third kappa shape index (κ3) is 4.18. The molecule has 0 spiro atoms. The highest BCUT2D eigenvalue weighted by atomic mass is 16.5. The Hall–Kier alpha value is -1.75. The summed E-state index contributed by atoms with van der Waals surface area (Å²) in [6.45, 7) is 2.82. The number of amides is 1. The second kappa shape index (κ2) is 6.68. The summed E-state index contributed by atoms with van der Waals surface area (Å²) < 4.78 is 10.7. The van der Waals surface area contributed by atoms with Crippen molar-refractivity contribution >= 4 is 5.91 Å². The highest BCUT2D eigenvalue weighted by Crippen LogP contribution is 2.19. The molecular weight excluding hydrogens is 208 g/mol. The molecular formula is C11H16N2O3. The molecule has 5 heteroatoms. The number of nitrogens with one attached hydrogen (secondary N) is 1. The minimum absolute atomic E-state index is 0.232. The number of nitrogens with two attached hydrogens (primary N) is 1. The van der Waals surface area contributed by atoms with E-state index in [0.717, 1.165) is 5.75 Å². The molecule has 0 aliphatic carbocycles. The molecule has 5 nitrogen and oxygen atoms in total. The van der Waals surface area contributed by atoms with Crippen molar-refractivity contribution in [2.45, 2.75) is 13.3 Å². The molecule has 0 saturated carbocycles. The maximum Gasteiger partial charge on any atom is 0.237 e. The molecule has 1 aromatic rings. The molecule has 88 valence electrons. The van der Waals surface area contributed by atoms with Gasteiger partial charge in [-0.1, -0.05) is 6.07 Å². The van der Waals surface area contributed by atoms with Crippen LogP contribution in [-0.4, -0.2) is 19.1 Å². The van der Waals surface area contributed by atoms with E-state index >= 15 is 0 Å². The van der Waals surface area contributed by atoms with Crippen LogP contribution in [0.15, 0.2) is 24.3 Å². The van der Waals surface area contributed by atoms with Gasteiger partial charge in [-0.3, -0.25) is 10.2 Å². The first-order valence-corrected chi connectivity index (χ1v) is 5.11. The van der Waals surface area contributed by atoms with Crippen molar-refractivity contribution in [1.29, 1.82) is 0 Å². The van der Waals surface area contributed by atoms with E-state index < -0.39 is 0 Å². The van der Waals surface area contributed by atoms with Crippen molar-refractivity contribution in [1.82, 2.24) is 5.43 Å². The van der Waals surface area contributed by atoms with Crippen LogP contribution < -0.4 is 20.7 Å². The van der Waals surface area contributed by atoms with Crippen LogP contribution in [0, 0.1) is 0 Å². The minimum atomic E-state index is -0.249. The molecule has 0 unspecified atom stereocenters. The molecule has 0 aliphatic rings. The van der Waals surface area contributed by atoms with Crippen molar-refractivity contribution in [3.63, 3.8) is 0 Å². The van der Waals surface area contributed by atoms with Gasteiger partial charge in [0.2, 0.25) is 5.91 Å². The van der Waals surface area contributed by atoms with Crippen LogP contribution in [0.2, 0.25) is 0 Å². The Labute approximate surface area is 94.5 Å². The molecule has 1 aromatic carbocycles. The van der Waals surface area contributed by atoms with Crippen molar-refractivity contribution in [3.05, 3.63) is 24.3 Å². The van der Waals surface area contributed by atoms with Crippen LogP contribution in [0.4, 0.5) is 0 Å². The van der Waals surface area contributed by atoms with Crippen LogP contribution in [0.3, 0.4) is 0 Å². The van der Waals surface area contributed by atoms with Crippen molar-refractivity contribution in [2.24, 2.45) is 5.84 Å². The van der Waals surface area contributed by atoms with Crippen LogP contribution in [0.5, 0.6) is 11.5 Å². The van der Waals surface area contributed by atoms with Gasteiger partial charge in [0.15, 0.2) is 0 Å². The summed E-state index contributed by atoms with van der Waals surface area (Å²) in [6.07, 6.45) is 0.232. The Morgan fingerprint density at radius 2 is 2.06 bits per heavy atom. The number of hydrazine groups is 1. The van der Waals surface area contributed by atoms with Crippen molar-refractivity contribution in [3.8, 4) is 11.5 Å². The summed E-state index contributed by atoms with van der Waals surface area (Å²) in [7, 11) is 0. The molecule has 0 bridgehead atoms. The fourth-order valence-corrected chi connectivity index (χ4v) is 1.15. The molecule has 0 fully saturated rings. The zero-order chi connectivity index (χ0) is 11.8. The van der Waals surface area contributed by atoms with E-state index in [0.29, 0.717) is 19.0 Å².